The number of Topliss-reactive ketones (excluding diaryl/α,β-unsaturated/α-hetero) is 1. The second kappa shape index (κ2) is 4.06. The van der Waals surface area contributed by atoms with E-state index in [1.165, 1.54) is 0 Å². The van der Waals surface area contributed by atoms with E-state index in [0.717, 1.165) is 16.1 Å². The fraction of sp³-hybridized carbons (Fsp3) is 0.167. The first-order valence-corrected chi connectivity index (χ1v) is 5.73. The standard InChI is InChI=1S/C12H11NO2S/c1-8-6-9(11-4-3-5-16-11)12(13(8)2)10(15)7-14/h3-7H,1-2H3. The largest absolute Gasteiger partial charge is 0.345 e. The third kappa shape index (κ3) is 1.61. The summed E-state index contributed by atoms with van der Waals surface area (Å²) < 4.78 is 1.76. The van der Waals surface area contributed by atoms with E-state index >= 15 is 0 Å². The lowest BCUT2D eigenvalue weighted by Crippen LogP contribution is -2.08. The van der Waals surface area contributed by atoms with Crippen LogP contribution in [0.25, 0.3) is 10.4 Å². The zero-order valence-corrected chi connectivity index (χ0v) is 9.88. The molecule has 0 N–H and O–H groups in total. The van der Waals surface area contributed by atoms with Gasteiger partial charge in [0.25, 0.3) is 0 Å². The van der Waals surface area contributed by atoms with Gasteiger partial charge in [0.2, 0.25) is 5.78 Å². The fourth-order valence-corrected chi connectivity index (χ4v) is 2.45. The summed E-state index contributed by atoms with van der Waals surface area (Å²) in [6.45, 7) is 1.92. The summed E-state index contributed by atoms with van der Waals surface area (Å²) in [5, 5.41) is 1.95. The second-order valence-corrected chi connectivity index (χ2v) is 4.51. The van der Waals surface area contributed by atoms with Crippen LogP contribution in [0.1, 0.15) is 16.2 Å². The third-order valence-corrected chi connectivity index (χ3v) is 3.50. The molecule has 0 bridgehead atoms. The van der Waals surface area contributed by atoms with Gasteiger partial charge in [0.05, 0.1) is 0 Å². The van der Waals surface area contributed by atoms with Gasteiger partial charge in [-0.05, 0) is 24.4 Å². The summed E-state index contributed by atoms with van der Waals surface area (Å²) in [4.78, 5) is 23.2. The van der Waals surface area contributed by atoms with Gasteiger partial charge in [0, 0.05) is 23.2 Å². The Morgan fingerprint density at radius 3 is 2.81 bits per heavy atom. The van der Waals surface area contributed by atoms with Gasteiger partial charge in [0.15, 0.2) is 6.29 Å². The monoisotopic (exact) mass is 233 g/mol. The van der Waals surface area contributed by atoms with Crippen LogP contribution in [-0.4, -0.2) is 16.6 Å². The minimum absolute atomic E-state index is 0.367. The quantitative estimate of drug-likeness (QED) is 0.464. The van der Waals surface area contributed by atoms with Crippen LogP contribution in [0.4, 0.5) is 0 Å². The Balaban J connectivity index is 2.66. The number of thiophene rings is 1. The Morgan fingerprint density at radius 2 is 2.25 bits per heavy atom. The van der Waals surface area contributed by atoms with Crippen LogP contribution in [0.5, 0.6) is 0 Å². The number of carbonyl (C=O) groups excluding carboxylic acids is 2. The van der Waals surface area contributed by atoms with Crippen LogP contribution >= 0.6 is 11.3 Å². The molecule has 0 aliphatic rings. The lowest BCUT2D eigenvalue weighted by molar-refractivity contribution is -0.104. The summed E-state index contributed by atoms with van der Waals surface area (Å²) in [5.41, 5.74) is 2.27. The molecule has 0 unspecified atom stereocenters. The average molecular weight is 233 g/mol. The molecular formula is C12H11NO2S. The Labute approximate surface area is 97.3 Å². The van der Waals surface area contributed by atoms with Gasteiger partial charge in [-0.1, -0.05) is 6.07 Å². The molecule has 3 nitrogen and oxygen atoms in total. The number of carbonyl (C=O) groups is 2. The van der Waals surface area contributed by atoms with Crippen LogP contribution in [0.3, 0.4) is 0 Å². The van der Waals surface area contributed by atoms with Gasteiger partial charge in [0.1, 0.15) is 5.69 Å². The smallest absolute Gasteiger partial charge is 0.242 e. The number of aryl methyl sites for hydroxylation is 1. The Bertz CT molecular complexity index is 538. The summed E-state index contributed by atoms with van der Waals surface area (Å²) in [6.07, 6.45) is 0.367. The molecule has 0 aliphatic carbocycles. The number of hydrogen-bond acceptors (Lipinski definition) is 3. The Morgan fingerprint density at radius 1 is 1.50 bits per heavy atom. The van der Waals surface area contributed by atoms with Gasteiger partial charge in [-0.3, -0.25) is 9.59 Å². The minimum atomic E-state index is -0.473. The van der Waals surface area contributed by atoms with Crippen LogP contribution in [0.2, 0.25) is 0 Å². The average Bonchev–Trinajstić information content (AvgIpc) is 2.87. The van der Waals surface area contributed by atoms with Crippen molar-refractivity contribution in [3.8, 4) is 10.4 Å². The maximum atomic E-state index is 11.6. The van der Waals surface area contributed by atoms with Crippen molar-refractivity contribution >= 4 is 23.4 Å². The van der Waals surface area contributed by atoms with Crippen molar-refractivity contribution in [1.29, 1.82) is 0 Å². The Kier molecular flexibility index (Phi) is 2.75. The van der Waals surface area contributed by atoms with Crippen molar-refractivity contribution in [2.45, 2.75) is 6.92 Å². The number of aromatic nitrogens is 1. The van der Waals surface area contributed by atoms with E-state index in [2.05, 4.69) is 0 Å². The van der Waals surface area contributed by atoms with E-state index in [1.54, 1.807) is 23.0 Å². The SMILES string of the molecule is Cc1cc(-c2cccs2)c(C(=O)C=O)n1C. The fourth-order valence-electron chi connectivity index (χ4n) is 1.70. The molecular weight excluding hydrogens is 222 g/mol. The third-order valence-electron chi connectivity index (χ3n) is 2.60. The Hall–Kier alpha value is -1.68. The van der Waals surface area contributed by atoms with Crippen molar-refractivity contribution in [3.05, 3.63) is 35.0 Å². The molecule has 0 saturated heterocycles. The van der Waals surface area contributed by atoms with E-state index in [9.17, 15) is 9.59 Å². The van der Waals surface area contributed by atoms with Gasteiger partial charge in [-0.25, -0.2) is 0 Å². The topological polar surface area (TPSA) is 39.1 Å². The summed E-state index contributed by atoms with van der Waals surface area (Å²) in [6, 6.07) is 5.81. The van der Waals surface area contributed by atoms with E-state index in [1.807, 2.05) is 30.5 Å². The van der Waals surface area contributed by atoms with Crippen LogP contribution in [-0.2, 0) is 11.8 Å². The molecule has 0 aliphatic heterocycles. The highest BCUT2D eigenvalue weighted by molar-refractivity contribution is 7.13. The molecule has 0 saturated carbocycles. The highest BCUT2D eigenvalue weighted by Crippen LogP contribution is 2.30. The van der Waals surface area contributed by atoms with E-state index < -0.39 is 5.78 Å². The van der Waals surface area contributed by atoms with Crippen LogP contribution < -0.4 is 0 Å². The lowest BCUT2D eigenvalue weighted by Gasteiger charge is -2.02. The number of ketones is 1. The van der Waals surface area contributed by atoms with Crippen molar-refractivity contribution in [3.63, 3.8) is 0 Å². The number of hydrogen-bond donors (Lipinski definition) is 0. The molecule has 16 heavy (non-hydrogen) atoms. The predicted molar refractivity (Wildman–Crippen MR) is 63.9 cm³/mol. The number of nitrogens with zero attached hydrogens (tertiary/aromatic N) is 1. The van der Waals surface area contributed by atoms with Gasteiger partial charge in [-0.2, -0.15) is 0 Å². The van der Waals surface area contributed by atoms with Crippen LogP contribution in [0.15, 0.2) is 23.6 Å². The molecule has 0 radical (unpaired) electrons. The molecule has 2 aromatic heterocycles. The summed E-state index contributed by atoms with van der Waals surface area (Å²) in [5.74, 6) is -0.473. The molecule has 0 aromatic carbocycles. The zero-order chi connectivity index (χ0) is 11.7. The molecule has 2 heterocycles. The van der Waals surface area contributed by atoms with Crippen molar-refractivity contribution < 1.29 is 9.59 Å². The molecule has 2 rings (SSSR count). The molecule has 2 aromatic rings. The minimum Gasteiger partial charge on any atom is -0.345 e. The highest BCUT2D eigenvalue weighted by atomic mass is 32.1. The van der Waals surface area contributed by atoms with Gasteiger partial charge >= 0.3 is 0 Å². The first kappa shape index (κ1) is 10.8. The molecule has 0 amide bonds. The summed E-state index contributed by atoms with van der Waals surface area (Å²) in [7, 11) is 1.79. The lowest BCUT2D eigenvalue weighted by atomic mass is 10.1. The van der Waals surface area contributed by atoms with Gasteiger partial charge < -0.3 is 4.57 Å². The second-order valence-electron chi connectivity index (χ2n) is 3.57. The number of aldehydes is 1. The molecule has 0 fully saturated rings. The predicted octanol–water partition coefficient (Wildman–Crippen LogP) is 2.44. The van der Waals surface area contributed by atoms with Crippen molar-refractivity contribution in [1.82, 2.24) is 4.57 Å². The summed E-state index contributed by atoms with van der Waals surface area (Å²) >= 11 is 1.56. The maximum Gasteiger partial charge on any atom is 0.242 e. The molecule has 0 spiro atoms. The van der Waals surface area contributed by atoms with Crippen molar-refractivity contribution in [2.24, 2.45) is 7.05 Å². The maximum absolute atomic E-state index is 11.6. The van der Waals surface area contributed by atoms with Crippen LogP contribution in [0, 0.1) is 6.92 Å². The molecule has 4 heteroatoms. The first-order valence-electron chi connectivity index (χ1n) is 4.85. The van der Waals surface area contributed by atoms with Crippen molar-refractivity contribution in [2.75, 3.05) is 0 Å². The molecule has 0 atom stereocenters. The van der Waals surface area contributed by atoms with E-state index in [-0.39, 0.29) is 0 Å². The first-order chi connectivity index (χ1) is 7.65. The number of rotatable bonds is 3. The molecule has 82 valence electrons. The van der Waals surface area contributed by atoms with E-state index in [4.69, 9.17) is 0 Å². The van der Waals surface area contributed by atoms with E-state index in [0.29, 0.717) is 12.0 Å². The highest BCUT2D eigenvalue weighted by Gasteiger charge is 2.18. The normalized spacial score (nSPS) is 10.4. The van der Waals surface area contributed by atoms with Gasteiger partial charge in [-0.15, -0.1) is 11.3 Å². The zero-order valence-electron chi connectivity index (χ0n) is 9.06.